The Morgan fingerprint density at radius 1 is 1.14 bits per heavy atom. The summed E-state index contributed by atoms with van der Waals surface area (Å²) in [5.74, 6) is 3.15. The van der Waals surface area contributed by atoms with E-state index in [1.807, 2.05) is 60.3 Å². The molecule has 28 heavy (non-hydrogen) atoms. The van der Waals surface area contributed by atoms with Crippen molar-refractivity contribution in [2.75, 3.05) is 5.32 Å². The van der Waals surface area contributed by atoms with Gasteiger partial charge in [-0.25, -0.2) is 4.98 Å². The van der Waals surface area contributed by atoms with Crippen molar-refractivity contribution in [3.8, 4) is 17.4 Å². The summed E-state index contributed by atoms with van der Waals surface area (Å²) in [5, 5.41) is 2.97. The number of rotatable bonds is 6. The molecule has 0 radical (unpaired) electrons. The molecule has 3 aromatic rings. The van der Waals surface area contributed by atoms with Crippen LogP contribution >= 0.6 is 0 Å². The van der Waals surface area contributed by atoms with Crippen molar-refractivity contribution in [1.82, 2.24) is 14.5 Å². The number of nitrogens with one attached hydrogen (secondary N) is 1. The Morgan fingerprint density at radius 3 is 2.57 bits per heavy atom. The van der Waals surface area contributed by atoms with Crippen molar-refractivity contribution >= 4 is 11.6 Å². The van der Waals surface area contributed by atoms with Crippen LogP contribution in [0.1, 0.15) is 37.9 Å². The van der Waals surface area contributed by atoms with E-state index in [0.717, 1.165) is 11.5 Å². The molecule has 1 aliphatic carbocycles. The first-order valence-electron chi connectivity index (χ1n) is 9.72. The molecule has 0 bridgehead atoms. The van der Waals surface area contributed by atoms with E-state index in [9.17, 15) is 4.79 Å². The number of ether oxygens (including phenoxy) is 1. The third kappa shape index (κ3) is 4.57. The lowest BCUT2D eigenvalue weighted by molar-refractivity contribution is -0.117. The smallest absolute Gasteiger partial charge is 0.224 e. The van der Waals surface area contributed by atoms with Gasteiger partial charge in [-0.15, -0.1) is 0 Å². The maximum atomic E-state index is 12.2. The SMILES string of the molecule is Cc1nc(Oc2ccc(NC(=O)CC3CCCC3)cc2)cc(-n2cccc2)n1. The van der Waals surface area contributed by atoms with Crippen LogP contribution in [0.4, 0.5) is 5.69 Å². The van der Waals surface area contributed by atoms with Crippen LogP contribution < -0.4 is 10.1 Å². The normalized spacial score (nSPS) is 14.2. The van der Waals surface area contributed by atoms with E-state index in [4.69, 9.17) is 4.74 Å². The van der Waals surface area contributed by atoms with Gasteiger partial charge in [0.25, 0.3) is 0 Å². The molecule has 1 fully saturated rings. The molecule has 144 valence electrons. The Balaban J connectivity index is 1.40. The second-order valence-electron chi connectivity index (χ2n) is 7.23. The number of carbonyl (C=O) groups excluding carboxylic acids is 1. The second-order valence-corrected chi connectivity index (χ2v) is 7.23. The predicted octanol–water partition coefficient (Wildman–Crippen LogP) is 4.89. The summed E-state index contributed by atoms with van der Waals surface area (Å²) in [6, 6.07) is 13.0. The second kappa shape index (κ2) is 8.25. The molecule has 2 heterocycles. The van der Waals surface area contributed by atoms with E-state index in [0.29, 0.717) is 29.8 Å². The van der Waals surface area contributed by atoms with Crippen LogP contribution in [0.5, 0.6) is 11.6 Å². The van der Waals surface area contributed by atoms with E-state index in [1.54, 1.807) is 6.07 Å². The van der Waals surface area contributed by atoms with Crippen molar-refractivity contribution < 1.29 is 9.53 Å². The minimum Gasteiger partial charge on any atom is -0.439 e. The Bertz CT molecular complexity index is 930. The van der Waals surface area contributed by atoms with E-state index < -0.39 is 0 Å². The van der Waals surface area contributed by atoms with Crippen LogP contribution in [0.15, 0.2) is 54.9 Å². The quantitative estimate of drug-likeness (QED) is 0.665. The number of hydrogen-bond donors (Lipinski definition) is 1. The molecule has 6 nitrogen and oxygen atoms in total. The van der Waals surface area contributed by atoms with Gasteiger partial charge in [-0.2, -0.15) is 4.98 Å². The molecule has 1 amide bonds. The lowest BCUT2D eigenvalue weighted by Crippen LogP contribution is -2.14. The molecule has 6 heteroatoms. The van der Waals surface area contributed by atoms with Gasteiger partial charge in [0.15, 0.2) is 0 Å². The highest BCUT2D eigenvalue weighted by Gasteiger charge is 2.18. The fraction of sp³-hybridized carbons (Fsp3) is 0.318. The largest absolute Gasteiger partial charge is 0.439 e. The van der Waals surface area contributed by atoms with E-state index in [2.05, 4.69) is 15.3 Å². The molecular formula is C22H24N4O2. The van der Waals surface area contributed by atoms with Crippen LogP contribution in [-0.4, -0.2) is 20.4 Å². The zero-order valence-electron chi connectivity index (χ0n) is 16.0. The first-order valence-corrected chi connectivity index (χ1v) is 9.72. The van der Waals surface area contributed by atoms with Crippen molar-refractivity contribution in [1.29, 1.82) is 0 Å². The molecule has 0 unspecified atom stereocenters. The molecule has 1 N–H and O–H groups in total. The molecule has 2 aromatic heterocycles. The first kappa shape index (κ1) is 18.2. The number of hydrogen-bond acceptors (Lipinski definition) is 4. The zero-order chi connectivity index (χ0) is 19.3. The van der Waals surface area contributed by atoms with Crippen LogP contribution in [0.3, 0.4) is 0 Å². The molecule has 0 saturated heterocycles. The molecule has 4 rings (SSSR count). The van der Waals surface area contributed by atoms with Gasteiger partial charge in [0.05, 0.1) is 0 Å². The van der Waals surface area contributed by atoms with E-state index in [-0.39, 0.29) is 5.91 Å². The highest BCUT2D eigenvalue weighted by molar-refractivity contribution is 5.90. The zero-order valence-corrected chi connectivity index (χ0v) is 16.0. The van der Waals surface area contributed by atoms with Crippen molar-refractivity contribution in [2.45, 2.75) is 39.0 Å². The van der Waals surface area contributed by atoms with E-state index in [1.165, 1.54) is 25.7 Å². The number of carbonyl (C=O) groups is 1. The van der Waals surface area contributed by atoms with Gasteiger partial charge in [0, 0.05) is 30.6 Å². The molecular weight excluding hydrogens is 352 g/mol. The summed E-state index contributed by atoms with van der Waals surface area (Å²) >= 11 is 0. The van der Waals surface area contributed by atoms with Crippen LogP contribution in [-0.2, 0) is 4.79 Å². The van der Waals surface area contributed by atoms with Crippen LogP contribution in [0.2, 0.25) is 0 Å². The van der Waals surface area contributed by atoms with Crippen molar-refractivity contribution in [3.05, 3.63) is 60.7 Å². The average Bonchev–Trinajstić information content (AvgIpc) is 3.37. The summed E-state index contributed by atoms with van der Waals surface area (Å²) in [4.78, 5) is 21.0. The summed E-state index contributed by atoms with van der Waals surface area (Å²) in [7, 11) is 0. The highest BCUT2D eigenvalue weighted by Crippen LogP contribution is 2.28. The molecule has 1 aromatic carbocycles. The Morgan fingerprint density at radius 2 is 1.86 bits per heavy atom. The Hall–Kier alpha value is -3.15. The number of aromatic nitrogens is 3. The fourth-order valence-corrected chi connectivity index (χ4v) is 3.61. The van der Waals surface area contributed by atoms with Gasteiger partial charge in [-0.3, -0.25) is 4.79 Å². The molecule has 0 aliphatic heterocycles. The van der Waals surface area contributed by atoms with E-state index >= 15 is 0 Å². The number of aryl methyl sites for hydroxylation is 1. The van der Waals surface area contributed by atoms with Crippen molar-refractivity contribution in [3.63, 3.8) is 0 Å². The average molecular weight is 376 g/mol. The lowest BCUT2D eigenvalue weighted by Gasteiger charge is -2.11. The third-order valence-corrected chi connectivity index (χ3v) is 4.98. The topological polar surface area (TPSA) is 69.0 Å². The fourth-order valence-electron chi connectivity index (χ4n) is 3.61. The number of nitrogens with zero attached hydrogens (tertiary/aromatic N) is 3. The van der Waals surface area contributed by atoms with Crippen molar-refractivity contribution in [2.24, 2.45) is 5.92 Å². The summed E-state index contributed by atoms with van der Waals surface area (Å²) in [5.41, 5.74) is 0.780. The number of benzene rings is 1. The van der Waals surface area contributed by atoms with Gasteiger partial charge < -0.3 is 14.6 Å². The Labute approximate surface area is 164 Å². The monoisotopic (exact) mass is 376 g/mol. The summed E-state index contributed by atoms with van der Waals surface area (Å²) in [6.07, 6.45) is 9.30. The summed E-state index contributed by atoms with van der Waals surface area (Å²) < 4.78 is 7.80. The molecule has 1 saturated carbocycles. The maximum Gasteiger partial charge on any atom is 0.224 e. The minimum atomic E-state index is 0.0864. The van der Waals surface area contributed by atoms with Gasteiger partial charge in [0.2, 0.25) is 11.8 Å². The lowest BCUT2D eigenvalue weighted by atomic mass is 10.0. The number of amides is 1. The van der Waals surface area contributed by atoms with Gasteiger partial charge in [0.1, 0.15) is 17.4 Å². The highest BCUT2D eigenvalue weighted by atomic mass is 16.5. The maximum absolute atomic E-state index is 12.2. The minimum absolute atomic E-state index is 0.0864. The molecule has 1 aliphatic rings. The Kier molecular flexibility index (Phi) is 5.37. The van der Waals surface area contributed by atoms with Crippen LogP contribution in [0, 0.1) is 12.8 Å². The molecule has 0 atom stereocenters. The summed E-state index contributed by atoms with van der Waals surface area (Å²) in [6.45, 7) is 1.84. The van der Waals surface area contributed by atoms with Crippen LogP contribution in [0.25, 0.3) is 5.82 Å². The van der Waals surface area contributed by atoms with Gasteiger partial charge >= 0.3 is 0 Å². The predicted molar refractivity (Wildman–Crippen MR) is 108 cm³/mol. The third-order valence-electron chi connectivity index (χ3n) is 4.98. The molecule has 0 spiro atoms. The first-order chi connectivity index (χ1) is 13.7. The number of anilines is 1. The standard InChI is InChI=1S/C22H24N4O2/c1-16-23-20(26-12-4-5-13-26)15-22(24-16)28-19-10-8-18(9-11-19)25-21(27)14-17-6-2-3-7-17/h4-5,8-13,15,17H,2-3,6-7,14H2,1H3,(H,25,27). The van der Waals surface area contributed by atoms with Gasteiger partial charge in [-0.1, -0.05) is 12.8 Å². The van der Waals surface area contributed by atoms with Gasteiger partial charge in [-0.05, 0) is 62.1 Å².